The third kappa shape index (κ3) is 3.63. The van der Waals surface area contributed by atoms with Crippen LogP contribution >= 0.6 is 23.2 Å². The van der Waals surface area contributed by atoms with Gasteiger partial charge in [-0.05, 0) is 42.8 Å². The molecule has 2 aromatic carbocycles. The second kappa shape index (κ2) is 6.29. The summed E-state index contributed by atoms with van der Waals surface area (Å²) in [6.07, 6.45) is 0. The fourth-order valence-electron chi connectivity index (χ4n) is 1.85. The lowest BCUT2D eigenvalue weighted by atomic mass is 10.1. The van der Waals surface area contributed by atoms with Crippen molar-refractivity contribution in [3.05, 3.63) is 63.6 Å². The highest BCUT2D eigenvalue weighted by Gasteiger charge is 2.14. The van der Waals surface area contributed by atoms with Gasteiger partial charge in [0.15, 0.2) is 0 Å². The Morgan fingerprint density at radius 1 is 1.11 bits per heavy atom. The predicted octanol–water partition coefficient (Wildman–Crippen LogP) is 4.45. The molecular weight excluding hydrogens is 281 g/mol. The van der Waals surface area contributed by atoms with Crippen LogP contribution in [-0.4, -0.2) is 11.7 Å². The van der Waals surface area contributed by atoms with E-state index in [1.165, 1.54) is 5.56 Å². The van der Waals surface area contributed by atoms with E-state index in [4.69, 9.17) is 23.2 Å². The van der Waals surface area contributed by atoms with Crippen LogP contribution < -0.4 is 5.32 Å². The van der Waals surface area contributed by atoms with Gasteiger partial charge in [-0.2, -0.15) is 0 Å². The Kier molecular flexibility index (Phi) is 4.70. The molecule has 2 N–H and O–H groups in total. The molecular formula is C15H15Cl2NO. The molecule has 0 bridgehead atoms. The Morgan fingerprint density at radius 3 is 2.42 bits per heavy atom. The van der Waals surface area contributed by atoms with Crippen LogP contribution in [0.15, 0.2) is 42.5 Å². The van der Waals surface area contributed by atoms with Crippen molar-refractivity contribution < 1.29 is 5.11 Å². The average Bonchev–Trinajstić information content (AvgIpc) is 2.41. The second-order valence-corrected chi connectivity index (χ2v) is 5.25. The van der Waals surface area contributed by atoms with E-state index in [2.05, 4.69) is 5.32 Å². The van der Waals surface area contributed by atoms with Crippen molar-refractivity contribution in [3.63, 3.8) is 0 Å². The van der Waals surface area contributed by atoms with E-state index in [0.29, 0.717) is 10.0 Å². The van der Waals surface area contributed by atoms with Crippen molar-refractivity contribution in [2.75, 3.05) is 11.9 Å². The number of aryl methyl sites for hydroxylation is 1. The van der Waals surface area contributed by atoms with Gasteiger partial charge in [0, 0.05) is 15.7 Å². The van der Waals surface area contributed by atoms with E-state index in [-0.39, 0.29) is 12.6 Å². The summed E-state index contributed by atoms with van der Waals surface area (Å²) in [5.74, 6) is 0. The highest BCUT2D eigenvalue weighted by atomic mass is 35.5. The quantitative estimate of drug-likeness (QED) is 0.873. The molecule has 0 fully saturated rings. The van der Waals surface area contributed by atoms with Gasteiger partial charge in [0.05, 0.1) is 12.6 Å². The van der Waals surface area contributed by atoms with Gasteiger partial charge < -0.3 is 10.4 Å². The summed E-state index contributed by atoms with van der Waals surface area (Å²) in [7, 11) is 0. The molecule has 4 heteroatoms. The van der Waals surface area contributed by atoms with Crippen molar-refractivity contribution in [1.82, 2.24) is 0 Å². The predicted molar refractivity (Wildman–Crippen MR) is 81.1 cm³/mol. The molecule has 1 unspecified atom stereocenters. The first-order valence-electron chi connectivity index (χ1n) is 5.99. The number of hydrogen-bond acceptors (Lipinski definition) is 2. The van der Waals surface area contributed by atoms with Gasteiger partial charge in [-0.25, -0.2) is 0 Å². The molecule has 0 heterocycles. The highest BCUT2D eigenvalue weighted by molar-refractivity contribution is 6.33. The molecule has 2 nitrogen and oxygen atoms in total. The van der Waals surface area contributed by atoms with Gasteiger partial charge in [0.1, 0.15) is 0 Å². The molecule has 0 aromatic heterocycles. The van der Waals surface area contributed by atoms with Crippen LogP contribution in [0.5, 0.6) is 0 Å². The minimum absolute atomic E-state index is 0.0616. The molecule has 100 valence electrons. The van der Waals surface area contributed by atoms with Crippen LogP contribution in [0.25, 0.3) is 0 Å². The molecule has 0 spiro atoms. The maximum atomic E-state index is 9.55. The minimum atomic E-state index is -0.283. The zero-order chi connectivity index (χ0) is 13.8. The van der Waals surface area contributed by atoms with E-state index in [9.17, 15) is 5.11 Å². The summed E-state index contributed by atoms with van der Waals surface area (Å²) in [5, 5.41) is 14.0. The van der Waals surface area contributed by atoms with Crippen LogP contribution in [0, 0.1) is 6.92 Å². The number of hydrogen-bond donors (Lipinski definition) is 2. The largest absolute Gasteiger partial charge is 0.394 e. The molecule has 2 aromatic rings. The van der Waals surface area contributed by atoms with E-state index in [1.807, 2.05) is 31.2 Å². The molecule has 0 radical (unpaired) electrons. The number of nitrogens with one attached hydrogen (secondary N) is 1. The molecule has 1 atom stereocenters. The molecule has 0 aliphatic rings. The van der Waals surface area contributed by atoms with Crippen LogP contribution in [0.1, 0.15) is 17.2 Å². The zero-order valence-corrected chi connectivity index (χ0v) is 12.0. The SMILES string of the molecule is Cc1ccc(NC(CO)c2cc(Cl)ccc2Cl)cc1. The molecule has 0 amide bonds. The summed E-state index contributed by atoms with van der Waals surface area (Å²) in [6.45, 7) is 1.97. The van der Waals surface area contributed by atoms with Crippen molar-refractivity contribution in [2.45, 2.75) is 13.0 Å². The Morgan fingerprint density at radius 2 is 1.79 bits per heavy atom. The summed E-state index contributed by atoms with van der Waals surface area (Å²) in [6, 6.07) is 12.9. The molecule has 19 heavy (non-hydrogen) atoms. The minimum Gasteiger partial charge on any atom is -0.394 e. The summed E-state index contributed by atoms with van der Waals surface area (Å²) >= 11 is 12.1. The Bertz CT molecular complexity index is 555. The lowest BCUT2D eigenvalue weighted by molar-refractivity contribution is 0.276. The number of rotatable bonds is 4. The van der Waals surface area contributed by atoms with Crippen molar-refractivity contribution in [3.8, 4) is 0 Å². The Labute approximate surface area is 123 Å². The number of halogens is 2. The fraction of sp³-hybridized carbons (Fsp3) is 0.200. The standard InChI is InChI=1S/C15H15Cl2NO/c1-10-2-5-12(6-3-10)18-15(9-19)13-8-11(16)4-7-14(13)17/h2-8,15,18-19H,9H2,1H3. The normalized spacial score (nSPS) is 12.2. The van der Waals surface area contributed by atoms with Gasteiger partial charge in [-0.3, -0.25) is 0 Å². The lowest BCUT2D eigenvalue weighted by Crippen LogP contribution is -2.15. The summed E-state index contributed by atoms with van der Waals surface area (Å²) in [5.41, 5.74) is 2.91. The number of anilines is 1. The first kappa shape index (κ1) is 14.2. The van der Waals surface area contributed by atoms with E-state index in [0.717, 1.165) is 11.3 Å². The monoisotopic (exact) mass is 295 g/mol. The highest BCUT2D eigenvalue weighted by Crippen LogP contribution is 2.28. The van der Waals surface area contributed by atoms with Crippen molar-refractivity contribution in [1.29, 1.82) is 0 Å². The van der Waals surface area contributed by atoms with E-state index < -0.39 is 0 Å². The molecule has 0 aliphatic heterocycles. The van der Waals surface area contributed by atoms with Crippen LogP contribution in [0.2, 0.25) is 10.0 Å². The first-order valence-corrected chi connectivity index (χ1v) is 6.75. The van der Waals surface area contributed by atoms with Gasteiger partial charge in [-0.15, -0.1) is 0 Å². The van der Waals surface area contributed by atoms with Crippen LogP contribution in [0.4, 0.5) is 5.69 Å². The molecule has 0 saturated carbocycles. The average molecular weight is 296 g/mol. The smallest absolute Gasteiger partial charge is 0.0759 e. The number of aliphatic hydroxyl groups excluding tert-OH is 1. The molecule has 2 rings (SSSR count). The first-order chi connectivity index (χ1) is 9.10. The Hall–Kier alpha value is -1.22. The third-order valence-electron chi connectivity index (χ3n) is 2.91. The number of benzene rings is 2. The topological polar surface area (TPSA) is 32.3 Å². The van der Waals surface area contributed by atoms with Crippen LogP contribution in [-0.2, 0) is 0 Å². The second-order valence-electron chi connectivity index (χ2n) is 4.41. The molecule has 0 saturated heterocycles. The third-order valence-corrected chi connectivity index (χ3v) is 3.49. The van der Waals surface area contributed by atoms with Gasteiger partial charge in [0.25, 0.3) is 0 Å². The number of aliphatic hydroxyl groups is 1. The lowest BCUT2D eigenvalue weighted by Gasteiger charge is -2.19. The molecule has 0 aliphatic carbocycles. The maximum absolute atomic E-state index is 9.55. The fourth-order valence-corrected chi connectivity index (χ4v) is 2.28. The van der Waals surface area contributed by atoms with Gasteiger partial charge in [-0.1, -0.05) is 40.9 Å². The van der Waals surface area contributed by atoms with Crippen molar-refractivity contribution >= 4 is 28.9 Å². The zero-order valence-electron chi connectivity index (χ0n) is 10.5. The Balaban J connectivity index is 2.24. The van der Waals surface area contributed by atoms with Crippen LogP contribution in [0.3, 0.4) is 0 Å². The van der Waals surface area contributed by atoms with Crippen molar-refractivity contribution in [2.24, 2.45) is 0 Å². The maximum Gasteiger partial charge on any atom is 0.0759 e. The van der Waals surface area contributed by atoms with E-state index >= 15 is 0 Å². The summed E-state index contributed by atoms with van der Waals surface area (Å²) < 4.78 is 0. The summed E-state index contributed by atoms with van der Waals surface area (Å²) in [4.78, 5) is 0. The van der Waals surface area contributed by atoms with E-state index in [1.54, 1.807) is 18.2 Å². The van der Waals surface area contributed by atoms with Gasteiger partial charge in [0.2, 0.25) is 0 Å². The van der Waals surface area contributed by atoms with Gasteiger partial charge >= 0.3 is 0 Å².